The molecule has 0 saturated carbocycles. The maximum absolute atomic E-state index is 12.9. The Labute approximate surface area is 145 Å². The summed E-state index contributed by atoms with van der Waals surface area (Å²) in [6, 6.07) is 7.98. The van der Waals surface area contributed by atoms with Crippen molar-refractivity contribution in [2.24, 2.45) is 0 Å². The number of rotatable bonds is 4. The van der Waals surface area contributed by atoms with Crippen LogP contribution < -0.4 is 0 Å². The van der Waals surface area contributed by atoms with E-state index in [-0.39, 0.29) is 16.5 Å². The first kappa shape index (κ1) is 17.4. The van der Waals surface area contributed by atoms with Crippen molar-refractivity contribution in [1.82, 2.24) is 14.1 Å². The Hall–Kier alpha value is -1.45. The topological polar surface area (TPSA) is 95.7 Å². The lowest BCUT2D eigenvalue weighted by Crippen LogP contribution is -2.31. The minimum Gasteiger partial charge on any atom is -0.393 e. The largest absolute Gasteiger partial charge is 0.393 e. The molecule has 24 heavy (non-hydrogen) atoms. The molecule has 2 N–H and O–H groups in total. The highest BCUT2D eigenvalue weighted by molar-refractivity contribution is 7.89. The molecule has 2 heterocycles. The number of nitrogens with zero attached hydrogens (tertiary/aromatic N) is 3. The van der Waals surface area contributed by atoms with Crippen molar-refractivity contribution in [1.29, 1.82) is 0 Å². The zero-order valence-corrected chi connectivity index (χ0v) is 14.4. The summed E-state index contributed by atoms with van der Waals surface area (Å²) in [7, 11) is -3.73. The summed E-state index contributed by atoms with van der Waals surface area (Å²) in [5, 5.41) is 23.2. The van der Waals surface area contributed by atoms with Crippen molar-refractivity contribution in [3.8, 4) is 0 Å². The van der Waals surface area contributed by atoms with Crippen molar-refractivity contribution in [2.45, 2.75) is 30.5 Å². The van der Waals surface area contributed by atoms with Gasteiger partial charge in [0.1, 0.15) is 11.0 Å². The highest BCUT2D eigenvalue weighted by atomic mass is 35.5. The number of sulfonamides is 1. The maximum Gasteiger partial charge on any atom is 0.244 e. The molecule has 7 nitrogen and oxygen atoms in total. The summed E-state index contributed by atoms with van der Waals surface area (Å²) in [6.07, 6.45) is -0.481. The van der Waals surface area contributed by atoms with Crippen LogP contribution >= 0.6 is 11.6 Å². The van der Waals surface area contributed by atoms with E-state index in [0.717, 1.165) is 0 Å². The van der Waals surface area contributed by atoms with Crippen LogP contribution in [0.2, 0.25) is 5.02 Å². The third-order valence-corrected chi connectivity index (χ3v) is 6.31. The van der Waals surface area contributed by atoms with E-state index in [0.29, 0.717) is 30.9 Å². The Balaban J connectivity index is 1.93. The van der Waals surface area contributed by atoms with Gasteiger partial charge in [-0.25, -0.2) is 8.42 Å². The average Bonchev–Trinajstić information content (AvgIpc) is 2.85. The van der Waals surface area contributed by atoms with Gasteiger partial charge in [0.25, 0.3) is 0 Å². The van der Waals surface area contributed by atoms with Crippen LogP contribution in [0.3, 0.4) is 0 Å². The van der Waals surface area contributed by atoms with Crippen LogP contribution in [0.4, 0.5) is 0 Å². The van der Waals surface area contributed by atoms with Crippen LogP contribution in [-0.2, 0) is 23.1 Å². The highest BCUT2D eigenvalue weighted by Gasteiger charge is 2.29. The van der Waals surface area contributed by atoms with E-state index < -0.39 is 22.7 Å². The number of hydrogen-bond donors (Lipinski definition) is 2. The molecule has 1 aromatic carbocycles. The van der Waals surface area contributed by atoms with E-state index in [1.807, 2.05) is 0 Å². The van der Waals surface area contributed by atoms with Gasteiger partial charge in [-0.1, -0.05) is 23.7 Å². The molecule has 0 spiro atoms. The van der Waals surface area contributed by atoms with Gasteiger partial charge in [0.15, 0.2) is 0 Å². The number of aromatic nitrogens is 2. The van der Waals surface area contributed by atoms with Crippen molar-refractivity contribution in [2.75, 3.05) is 13.2 Å². The third kappa shape index (κ3) is 3.20. The van der Waals surface area contributed by atoms with Crippen LogP contribution in [0.15, 0.2) is 35.2 Å². The fraction of sp³-hybridized carbons (Fsp3) is 0.400. The highest BCUT2D eigenvalue weighted by Crippen LogP contribution is 2.27. The molecule has 130 valence electrons. The number of fused-ring (bicyclic) bond motifs is 1. The lowest BCUT2D eigenvalue weighted by Gasteiger charge is -2.20. The van der Waals surface area contributed by atoms with Crippen molar-refractivity contribution < 1.29 is 18.6 Å². The van der Waals surface area contributed by atoms with Gasteiger partial charge in [-0.05, 0) is 24.6 Å². The number of aliphatic hydroxyl groups is 2. The Bertz CT molecular complexity index is 837. The molecule has 0 bridgehead atoms. The zero-order chi connectivity index (χ0) is 17.3. The lowest BCUT2D eigenvalue weighted by atomic mass is 10.2. The molecule has 3 rings (SSSR count). The van der Waals surface area contributed by atoms with Crippen LogP contribution in [0.5, 0.6) is 0 Å². The number of aryl methyl sites for hydroxylation is 1. The van der Waals surface area contributed by atoms with E-state index in [1.165, 1.54) is 10.4 Å². The monoisotopic (exact) mass is 371 g/mol. The van der Waals surface area contributed by atoms with Crippen molar-refractivity contribution in [3.63, 3.8) is 0 Å². The van der Waals surface area contributed by atoms with E-state index in [2.05, 4.69) is 5.10 Å². The molecule has 1 aromatic heterocycles. The molecular formula is C15H18ClN3O4S. The summed E-state index contributed by atoms with van der Waals surface area (Å²) in [5.74, 6) is 0. The number of aliphatic hydroxyl groups excluding tert-OH is 2. The van der Waals surface area contributed by atoms with Crippen LogP contribution in [-0.4, -0.2) is 45.9 Å². The molecule has 0 amide bonds. The number of halogens is 1. The molecule has 2 aromatic rings. The Morgan fingerprint density at radius 2 is 2.04 bits per heavy atom. The first-order valence-electron chi connectivity index (χ1n) is 7.53. The minimum atomic E-state index is -3.73. The second-order valence-corrected chi connectivity index (χ2v) is 7.92. The average molecular weight is 372 g/mol. The van der Waals surface area contributed by atoms with E-state index in [1.54, 1.807) is 28.9 Å². The Morgan fingerprint density at radius 3 is 2.75 bits per heavy atom. The van der Waals surface area contributed by atoms with E-state index in [4.69, 9.17) is 16.7 Å². The van der Waals surface area contributed by atoms with Gasteiger partial charge >= 0.3 is 0 Å². The van der Waals surface area contributed by atoms with Crippen LogP contribution in [0, 0.1) is 0 Å². The smallest absolute Gasteiger partial charge is 0.244 e. The zero-order valence-electron chi connectivity index (χ0n) is 12.8. The third-order valence-electron chi connectivity index (χ3n) is 3.97. The standard InChI is InChI=1S/C15H18ClN3O4S/c16-12-4-1-2-5-15(12)24(22,23)18-6-3-7-19-11(9-18)8-13(17-19)14(21)10-20/h1-2,4-5,8,14,20-21H,3,6-7,9-10H2/t14-/m1/s1. The van der Waals surface area contributed by atoms with E-state index >= 15 is 0 Å². The summed E-state index contributed by atoms with van der Waals surface area (Å²) in [4.78, 5) is 0.0789. The van der Waals surface area contributed by atoms with Gasteiger partial charge in [0, 0.05) is 13.1 Å². The fourth-order valence-electron chi connectivity index (χ4n) is 2.71. The van der Waals surface area contributed by atoms with Crippen molar-refractivity contribution in [3.05, 3.63) is 46.7 Å². The quantitative estimate of drug-likeness (QED) is 0.840. The van der Waals surface area contributed by atoms with Crippen LogP contribution in [0.25, 0.3) is 0 Å². The molecule has 1 aliphatic rings. The Kier molecular flexibility index (Phi) is 4.93. The summed E-state index contributed by atoms with van der Waals surface area (Å²) >= 11 is 6.05. The van der Waals surface area contributed by atoms with Gasteiger partial charge in [-0.2, -0.15) is 9.40 Å². The SMILES string of the molecule is O=S(=O)(c1ccccc1Cl)N1CCCn2nc([C@H](O)CO)cc2C1. The minimum absolute atomic E-state index is 0.0789. The predicted molar refractivity (Wildman–Crippen MR) is 87.9 cm³/mol. The molecule has 0 saturated heterocycles. The molecule has 0 radical (unpaired) electrons. The maximum atomic E-state index is 12.9. The number of hydrogen-bond acceptors (Lipinski definition) is 5. The van der Waals surface area contributed by atoms with Crippen LogP contribution in [0.1, 0.15) is 23.9 Å². The normalized spacial score (nSPS) is 17.3. The summed E-state index contributed by atoms with van der Waals surface area (Å²) in [6.45, 7) is 0.605. The van der Waals surface area contributed by atoms with Gasteiger partial charge in [0.05, 0.1) is 29.6 Å². The lowest BCUT2D eigenvalue weighted by molar-refractivity contribution is 0.0916. The fourth-order valence-corrected chi connectivity index (χ4v) is 4.65. The molecule has 9 heteroatoms. The molecule has 0 fully saturated rings. The van der Waals surface area contributed by atoms with Gasteiger partial charge in [0.2, 0.25) is 10.0 Å². The second-order valence-electron chi connectivity index (χ2n) is 5.60. The first-order valence-corrected chi connectivity index (χ1v) is 9.35. The summed E-state index contributed by atoms with van der Waals surface area (Å²) < 4.78 is 28.8. The molecule has 0 aliphatic carbocycles. The van der Waals surface area contributed by atoms with Gasteiger partial charge in [-0.15, -0.1) is 0 Å². The molecule has 1 aliphatic heterocycles. The van der Waals surface area contributed by atoms with E-state index in [9.17, 15) is 13.5 Å². The first-order chi connectivity index (χ1) is 11.4. The van der Waals surface area contributed by atoms with Gasteiger partial charge in [-0.3, -0.25) is 4.68 Å². The van der Waals surface area contributed by atoms with Crippen molar-refractivity contribution >= 4 is 21.6 Å². The summed E-state index contributed by atoms with van der Waals surface area (Å²) in [5.41, 5.74) is 1.01. The second kappa shape index (κ2) is 6.81. The molecular weight excluding hydrogens is 354 g/mol. The molecule has 1 atom stereocenters. The van der Waals surface area contributed by atoms with Gasteiger partial charge < -0.3 is 10.2 Å². The predicted octanol–water partition coefficient (Wildman–Crippen LogP) is 1.16. The molecule has 0 unspecified atom stereocenters. The number of benzene rings is 1. The Morgan fingerprint density at radius 1 is 1.29 bits per heavy atom.